The predicted octanol–water partition coefficient (Wildman–Crippen LogP) is 1.68. The Labute approximate surface area is 273 Å². The first kappa shape index (κ1) is 37.5. The monoisotopic (exact) mass is 664 g/mol. The van der Waals surface area contributed by atoms with Crippen molar-refractivity contribution in [2.45, 2.75) is 103 Å². The van der Waals surface area contributed by atoms with Gasteiger partial charge >= 0.3 is 5.97 Å². The second kappa shape index (κ2) is 15.8. The van der Waals surface area contributed by atoms with E-state index in [9.17, 15) is 47.8 Å². The number of nitrogens with one attached hydrogen (secondary N) is 3. The summed E-state index contributed by atoms with van der Waals surface area (Å²) in [5.74, 6) is -12.7. The number of rotatable bonds is 15. The molecule has 0 aromatic heterocycles. The lowest BCUT2D eigenvalue weighted by Gasteiger charge is -2.33. The Balaban J connectivity index is 1.84. The maximum absolute atomic E-state index is 15.0. The van der Waals surface area contributed by atoms with Gasteiger partial charge in [0.1, 0.15) is 24.2 Å². The highest BCUT2D eigenvalue weighted by molar-refractivity contribution is 6.38. The number of fused-ring (bicyclic) bond motifs is 1. The van der Waals surface area contributed by atoms with Crippen LogP contribution in [-0.2, 0) is 35.2 Å². The molecule has 0 radical (unpaired) electrons. The standard InChI is InChI=1S/C33H46F2N4O8/c1-6-10-22(27(41)30(44)37-23(32(46)47)15-19-11-8-7-9-12-19)36-28(42)25-20-13-14-33(34,35)21(20)16-39(25)31(45)24(17(2)3)38-29(43)26(40)18(4)5/h7-9,11-12,17-18,20-26,40H,6,10,13-16H2,1-5H3,(H,36,42)(H,37,44)(H,38,43)(H,46,47)/t20-,21-,22-,23-,24-,25-,26-/m0/s1. The van der Waals surface area contributed by atoms with E-state index in [0.29, 0.717) is 12.0 Å². The van der Waals surface area contributed by atoms with Crippen LogP contribution in [0.2, 0.25) is 0 Å². The topological polar surface area (TPSA) is 182 Å². The van der Waals surface area contributed by atoms with Gasteiger partial charge in [-0.05, 0) is 36.2 Å². The fourth-order valence-electron chi connectivity index (χ4n) is 6.31. The summed E-state index contributed by atoms with van der Waals surface area (Å²) in [7, 11) is 0. The van der Waals surface area contributed by atoms with E-state index in [-0.39, 0.29) is 19.3 Å². The zero-order valence-corrected chi connectivity index (χ0v) is 27.4. The van der Waals surface area contributed by atoms with Crippen molar-refractivity contribution in [2.24, 2.45) is 23.7 Å². The lowest BCUT2D eigenvalue weighted by molar-refractivity contribution is -0.147. The van der Waals surface area contributed by atoms with E-state index in [2.05, 4.69) is 16.0 Å². The van der Waals surface area contributed by atoms with E-state index in [1.165, 1.54) is 0 Å². The molecule has 3 rings (SSSR count). The van der Waals surface area contributed by atoms with Gasteiger partial charge in [0.2, 0.25) is 23.5 Å². The van der Waals surface area contributed by atoms with E-state index < -0.39 is 108 Å². The summed E-state index contributed by atoms with van der Waals surface area (Å²) >= 11 is 0. The molecule has 7 atom stereocenters. The quantitative estimate of drug-likeness (QED) is 0.176. The number of alkyl halides is 2. The molecule has 260 valence electrons. The molecular weight excluding hydrogens is 618 g/mol. The Morgan fingerprint density at radius 1 is 0.957 bits per heavy atom. The number of carbonyl (C=O) groups is 6. The van der Waals surface area contributed by atoms with Crippen molar-refractivity contribution < 1.29 is 47.8 Å². The minimum atomic E-state index is -3.16. The molecule has 0 spiro atoms. The number of halogens is 2. The van der Waals surface area contributed by atoms with Crippen LogP contribution in [0.4, 0.5) is 8.78 Å². The van der Waals surface area contributed by atoms with Gasteiger partial charge in [-0.25, -0.2) is 13.6 Å². The third-order valence-electron chi connectivity index (χ3n) is 9.01. The molecule has 1 heterocycles. The number of nitrogens with zero attached hydrogens (tertiary/aromatic N) is 1. The second-order valence-electron chi connectivity index (χ2n) is 13.2. The highest BCUT2D eigenvalue weighted by Crippen LogP contribution is 2.51. The van der Waals surface area contributed by atoms with Crippen LogP contribution < -0.4 is 16.0 Å². The van der Waals surface area contributed by atoms with E-state index in [1.54, 1.807) is 65.0 Å². The lowest BCUT2D eigenvalue weighted by Crippen LogP contribution is -2.59. The fourth-order valence-corrected chi connectivity index (χ4v) is 6.31. The van der Waals surface area contributed by atoms with Crippen LogP contribution in [0, 0.1) is 23.7 Å². The molecule has 0 unspecified atom stereocenters. The molecule has 2 fully saturated rings. The molecule has 5 N–H and O–H groups in total. The fraction of sp³-hybridized carbons (Fsp3) is 0.636. The zero-order chi connectivity index (χ0) is 35.2. The molecule has 1 aliphatic carbocycles. The van der Waals surface area contributed by atoms with Gasteiger partial charge in [0, 0.05) is 25.3 Å². The van der Waals surface area contributed by atoms with Crippen LogP contribution >= 0.6 is 0 Å². The SMILES string of the molecule is CCC[C@H](NC(=O)[C@@H]1[C@H]2CCC(F)(F)[C@H]2CN1C(=O)[C@@H](NC(=O)[C@@H](O)C(C)C)C(C)C)C(=O)C(=O)N[C@@H](Cc1ccccc1)C(=O)O. The number of hydrogen-bond acceptors (Lipinski definition) is 7. The number of amides is 4. The summed E-state index contributed by atoms with van der Waals surface area (Å²) in [6, 6.07) is 2.95. The first-order valence-corrected chi connectivity index (χ1v) is 16.1. The normalized spacial score (nSPS) is 22.6. The number of likely N-dealkylation sites (tertiary alicyclic amines) is 1. The van der Waals surface area contributed by atoms with Crippen LogP contribution in [0.1, 0.15) is 65.9 Å². The molecule has 1 aliphatic heterocycles. The highest BCUT2D eigenvalue weighted by Gasteiger charge is 2.61. The van der Waals surface area contributed by atoms with E-state index in [1.807, 2.05) is 0 Å². The Morgan fingerprint density at radius 3 is 2.15 bits per heavy atom. The van der Waals surface area contributed by atoms with Gasteiger partial charge < -0.3 is 31.1 Å². The average Bonchev–Trinajstić information content (AvgIpc) is 3.55. The predicted molar refractivity (Wildman–Crippen MR) is 166 cm³/mol. The summed E-state index contributed by atoms with van der Waals surface area (Å²) in [5, 5.41) is 27.1. The number of Topliss-reactive ketones (excluding diaryl/α,β-unsaturated/α-hetero) is 1. The summed E-state index contributed by atoms with van der Waals surface area (Å²) in [6.45, 7) is 7.71. The van der Waals surface area contributed by atoms with E-state index in [4.69, 9.17) is 0 Å². The number of carboxylic acids is 1. The molecule has 0 bridgehead atoms. The number of carboxylic acid groups (broad SMARTS) is 1. The van der Waals surface area contributed by atoms with Crippen LogP contribution in [-0.4, -0.2) is 93.2 Å². The summed E-state index contributed by atoms with van der Waals surface area (Å²) in [6.07, 6.45) is -1.78. The molecule has 47 heavy (non-hydrogen) atoms. The summed E-state index contributed by atoms with van der Waals surface area (Å²) in [5.41, 5.74) is 0.606. The Hall–Kier alpha value is -3.94. The molecule has 1 saturated heterocycles. The van der Waals surface area contributed by atoms with Crippen molar-refractivity contribution in [3.05, 3.63) is 35.9 Å². The molecule has 2 aliphatic rings. The van der Waals surface area contributed by atoms with E-state index >= 15 is 0 Å². The van der Waals surface area contributed by atoms with Crippen LogP contribution in [0.15, 0.2) is 30.3 Å². The summed E-state index contributed by atoms with van der Waals surface area (Å²) < 4.78 is 29.9. The molecule has 1 aromatic rings. The third kappa shape index (κ3) is 8.91. The molecule has 1 saturated carbocycles. The molecule has 14 heteroatoms. The van der Waals surface area contributed by atoms with E-state index in [0.717, 1.165) is 4.90 Å². The number of ketones is 1. The molecule has 12 nitrogen and oxygen atoms in total. The van der Waals surface area contributed by atoms with Gasteiger partial charge in [0.05, 0.1) is 6.04 Å². The van der Waals surface area contributed by atoms with Gasteiger partial charge in [0.15, 0.2) is 0 Å². The van der Waals surface area contributed by atoms with Crippen LogP contribution in [0.3, 0.4) is 0 Å². The Morgan fingerprint density at radius 2 is 1.60 bits per heavy atom. The number of hydrogen-bond donors (Lipinski definition) is 5. The van der Waals surface area contributed by atoms with Gasteiger partial charge in [-0.3, -0.25) is 24.0 Å². The number of carbonyl (C=O) groups excluding carboxylic acids is 5. The van der Waals surface area contributed by atoms with Gasteiger partial charge in [0.25, 0.3) is 11.8 Å². The number of benzene rings is 1. The molecular formula is C33H46F2N4O8. The smallest absolute Gasteiger partial charge is 0.326 e. The first-order chi connectivity index (χ1) is 22.0. The minimum absolute atomic E-state index is 0.0168. The van der Waals surface area contributed by atoms with Crippen molar-refractivity contribution in [1.82, 2.24) is 20.9 Å². The third-order valence-corrected chi connectivity index (χ3v) is 9.01. The maximum atomic E-state index is 15.0. The van der Waals surface area contributed by atoms with Crippen molar-refractivity contribution in [1.29, 1.82) is 0 Å². The lowest BCUT2D eigenvalue weighted by atomic mass is 9.91. The second-order valence-corrected chi connectivity index (χ2v) is 13.2. The zero-order valence-electron chi connectivity index (χ0n) is 27.4. The first-order valence-electron chi connectivity index (χ1n) is 16.1. The van der Waals surface area contributed by atoms with Crippen LogP contribution in [0.5, 0.6) is 0 Å². The Kier molecular flexibility index (Phi) is 12.6. The van der Waals surface area contributed by atoms with Crippen molar-refractivity contribution in [3.63, 3.8) is 0 Å². The summed E-state index contributed by atoms with van der Waals surface area (Å²) in [4.78, 5) is 79.5. The number of aliphatic carboxylic acids is 1. The minimum Gasteiger partial charge on any atom is -0.480 e. The van der Waals surface area contributed by atoms with Crippen molar-refractivity contribution >= 4 is 35.4 Å². The number of aliphatic hydroxyl groups is 1. The van der Waals surface area contributed by atoms with Crippen molar-refractivity contribution in [2.75, 3.05) is 6.54 Å². The highest BCUT2D eigenvalue weighted by atomic mass is 19.3. The maximum Gasteiger partial charge on any atom is 0.326 e. The van der Waals surface area contributed by atoms with Gasteiger partial charge in [-0.1, -0.05) is 71.4 Å². The Bertz CT molecular complexity index is 1320. The molecule has 4 amide bonds. The number of aliphatic hydroxyl groups excluding tert-OH is 1. The van der Waals surface area contributed by atoms with Crippen LogP contribution in [0.25, 0.3) is 0 Å². The van der Waals surface area contributed by atoms with Gasteiger partial charge in [-0.2, -0.15) is 0 Å². The van der Waals surface area contributed by atoms with Gasteiger partial charge in [-0.15, -0.1) is 0 Å². The molecule has 1 aromatic carbocycles. The largest absolute Gasteiger partial charge is 0.480 e. The average molecular weight is 665 g/mol. The van der Waals surface area contributed by atoms with Crippen molar-refractivity contribution in [3.8, 4) is 0 Å².